The summed E-state index contributed by atoms with van der Waals surface area (Å²) >= 11 is 0. The van der Waals surface area contributed by atoms with Crippen molar-refractivity contribution in [2.24, 2.45) is 0 Å². The molecule has 2 aromatic rings. The van der Waals surface area contributed by atoms with Gasteiger partial charge in [-0.05, 0) is 42.0 Å². The van der Waals surface area contributed by atoms with Crippen molar-refractivity contribution < 1.29 is 28.7 Å². The molecule has 9 nitrogen and oxygen atoms in total. The maximum Gasteiger partial charge on any atom is 0.339 e. The molecule has 0 radical (unpaired) electrons. The zero-order valence-electron chi connectivity index (χ0n) is 16.8. The van der Waals surface area contributed by atoms with Gasteiger partial charge in [-0.25, -0.2) is 14.6 Å². The van der Waals surface area contributed by atoms with Crippen LogP contribution in [-0.2, 0) is 20.9 Å². The van der Waals surface area contributed by atoms with Crippen LogP contribution in [0.3, 0.4) is 0 Å². The minimum atomic E-state index is -1.04. The van der Waals surface area contributed by atoms with Gasteiger partial charge >= 0.3 is 17.8 Å². The number of benzene rings is 2. The highest BCUT2D eigenvalue weighted by Crippen LogP contribution is 2.24. The van der Waals surface area contributed by atoms with Gasteiger partial charge in [0.2, 0.25) is 5.91 Å². The van der Waals surface area contributed by atoms with E-state index < -0.39 is 30.3 Å². The van der Waals surface area contributed by atoms with Crippen LogP contribution in [0.2, 0.25) is 0 Å². The number of urea groups is 1. The average molecular weight is 411 g/mol. The zero-order valence-corrected chi connectivity index (χ0v) is 16.8. The van der Waals surface area contributed by atoms with Crippen LogP contribution in [0.1, 0.15) is 5.56 Å². The Balaban J connectivity index is 1.70. The van der Waals surface area contributed by atoms with Crippen molar-refractivity contribution in [3.05, 3.63) is 54.1 Å². The quantitative estimate of drug-likeness (QED) is 0.508. The fraction of sp³-hybridized carbons (Fsp3) is 0.238. The Bertz CT molecular complexity index is 988. The lowest BCUT2D eigenvalue weighted by atomic mass is 10.2. The first kappa shape index (κ1) is 20.8. The Labute approximate surface area is 173 Å². The summed E-state index contributed by atoms with van der Waals surface area (Å²) < 4.78 is 10.2. The maximum absolute atomic E-state index is 12.7. The highest BCUT2D eigenvalue weighted by molar-refractivity contribution is 6.53. The van der Waals surface area contributed by atoms with Gasteiger partial charge in [-0.15, -0.1) is 0 Å². The van der Waals surface area contributed by atoms with E-state index in [2.05, 4.69) is 0 Å². The van der Waals surface area contributed by atoms with Gasteiger partial charge in [0.1, 0.15) is 18.0 Å². The van der Waals surface area contributed by atoms with Crippen LogP contribution in [-0.4, -0.2) is 61.4 Å². The van der Waals surface area contributed by atoms with Crippen molar-refractivity contribution in [3.8, 4) is 11.5 Å². The van der Waals surface area contributed by atoms with E-state index >= 15 is 0 Å². The van der Waals surface area contributed by atoms with E-state index in [-0.39, 0.29) is 12.2 Å². The molecule has 0 aliphatic carbocycles. The first-order valence-electron chi connectivity index (χ1n) is 9.06. The summed E-state index contributed by atoms with van der Waals surface area (Å²) in [4.78, 5) is 52.7. The molecule has 30 heavy (non-hydrogen) atoms. The summed E-state index contributed by atoms with van der Waals surface area (Å²) in [6.07, 6.45) is 0. The van der Waals surface area contributed by atoms with Gasteiger partial charge < -0.3 is 14.4 Å². The Morgan fingerprint density at radius 2 is 1.60 bits per heavy atom. The minimum Gasteiger partial charge on any atom is -0.497 e. The first-order chi connectivity index (χ1) is 14.3. The molecule has 0 N–H and O–H groups in total. The number of carbonyl (C=O) groups excluding carboxylic acids is 4. The first-order valence-corrected chi connectivity index (χ1v) is 9.06. The molecule has 0 atom stereocenters. The van der Waals surface area contributed by atoms with Crippen LogP contribution >= 0.6 is 0 Å². The van der Waals surface area contributed by atoms with Gasteiger partial charge in [-0.1, -0.05) is 12.1 Å². The molecule has 1 aliphatic rings. The predicted octanol–water partition coefficient (Wildman–Crippen LogP) is 1.66. The van der Waals surface area contributed by atoms with Crippen LogP contribution in [0.5, 0.6) is 11.5 Å². The summed E-state index contributed by atoms with van der Waals surface area (Å²) in [5.41, 5.74) is 1.04. The molecule has 0 saturated carbocycles. The standard InChI is InChI=1S/C21H21N3O6/c1-22(12-14-5-4-6-17(11-14)30-3)18(25)13-23-19(26)20(27)24(21(23)28)15-7-9-16(29-2)10-8-15/h4-11H,12-13H2,1-3H3. The van der Waals surface area contributed by atoms with E-state index in [0.29, 0.717) is 16.4 Å². The second-order valence-corrected chi connectivity index (χ2v) is 6.61. The summed E-state index contributed by atoms with van der Waals surface area (Å²) in [5, 5.41) is 0. The number of hydrogen-bond donors (Lipinski definition) is 0. The molecule has 2 aromatic carbocycles. The van der Waals surface area contributed by atoms with E-state index in [4.69, 9.17) is 9.47 Å². The van der Waals surface area contributed by atoms with Crippen LogP contribution in [0.25, 0.3) is 0 Å². The molecule has 1 aliphatic heterocycles. The van der Waals surface area contributed by atoms with Gasteiger partial charge in [0.25, 0.3) is 0 Å². The lowest BCUT2D eigenvalue weighted by Gasteiger charge is -2.21. The molecule has 1 fully saturated rings. The number of carbonyl (C=O) groups is 4. The molecule has 0 spiro atoms. The largest absolute Gasteiger partial charge is 0.497 e. The minimum absolute atomic E-state index is 0.221. The second-order valence-electron chi connectivity index (χ2n) is 6.61. The summed E-state index contributed by atoms with van der Waals surface area (Å²) in [5.74, 6) is -1.34. The lowest BCUT2D eigenvalue weighted by Crippen LogP contribution is -2.42. The fourth-order valence-corrected chi connectivity index (χ4v) is 2.99. The van der Waals surface area contributed by atoms with Crippen molar-refractivity contribution >= 4 is 29.4 Å². The number of likely N-dealkylation sites (N-methyl/N-ethyl adjacent to an activating group) is 1. The molecule has 0 aromatic heterocycles. The number of imide groups is 2. The van der Waals surface area contributed by atoms with Crippen molar-refractivity contribution in [2.45, 2.75) is 6.54 Å². The van der Waals surface area contributed by atoms with E-state index in [1.54, 1.807) is 44.5 Å². The van der Waals surface area contributed by atoms with Gasteiger partial charge in [0.05, 0.1) is 19.9 Å². The summed E-state index contributed by atoms with van der Waals surface area (Å²) in [6, 6.07) is 12.4. The van der Waals surface area contributed by atoms with Crippen LogP contribution in [0, 0.1) is 0 Å². The Morgan fingerprint density at radius 1 is 0.933 bits per heavy atom. The highest BCUT2D eigenvalue weighted by atomic mass is 16.5. The topological polar surface area (TPSA) is 96.5 Å². The predicted molar refractivity (Wildman–Crippen MR) is 107 cm³/mol. The van der Waals surface area contributed by atoms with Crippen LogP contribution in [0.4, 0.5) is 10.5 Å². The zero-order chi connectivity index (χ0) is 21.8. The van der Waals surface area contributed by atoms with Gasteiger partial charge in [0.15, 0.2) is 0 Å². The molecule has 5 amide bonds. The molecular formula is C21H21N3O6. The van der Waals surface area contributed by atoms with Gasteiger partial charge in [0, 0.05) is 13.6 Å². The van der Waals surface area contributed by atoms with Gasteiger partial charge in [-0.2, -0.15) is 0 Å². The smallest absolute Gasteiger partial charge is 0.339 e. The second kappa shape index (κ2) is 8.64. The molecule has 1 saturated heterocycles. The lowest BCUT2D eigenvalue weighted by molar-refractivity contribution is -0.142. The van der Waals surface area contributed by atoms with Gasteiger partial charge in [-0.3, -0.25) is 14.4 Å². The summed E-state index contributed by atoms with van der Waals surface area (Å²) in [6.45, 7) is -0.279. The van der Waals surface area contributed by atoms with E-state index in [1.807, 2.05) is 6.07 Å². The van der Waals surface area contributed by atoms with Crippen molar-refractivity contribution in [1.82, 2.24) is 9.80 Å². The van der Waals surface area contributed by atoms with Crippen LogP contribution in [0.15, 0.2) is 48.5 Å². The average Bonchev–Trinajstić information content (AvgIpc) is 2.97. The number of anilines is 1. The SMILES string of the molecule is COc1ccc(N2C(=O)C(=O)N(CC(=O)N(C)Cc3cccc(OC)c3)C2=O)cc1. The number of hydrogen-bond acceptors (Lipinski definition) is 6. The van der Waals surface area contributed by atoms with Crippen molar-refractivity contribution in [1.29, 1.82) is 0 Å². The van der Waals surface area contributed by atoms with Crippen molar-refractivity contribution in [3.63, 3.8) is 0 Å². The number of amides is 5. The highest BCUT2D eigenvalue weighted by Gasteiger charge is 2.46. The third-order valence-corrected chi connectivity index (χ3v) is 4.66. The molecule has 0 bridgehead atoms. The fourth-order valence-electron chi connectivity index (χ4n) is 2.99. The summed E-state index contributed by atoms with van der Waals surface area (Å²) in [7, 11) is 4.58. The normalized spacial score (nSPS) is 13.6. The molecular weight excluding hydrogens is 390 g/mol. The number of methoxy groups -OCH3 is 2. The number of rotatable bonds is 7. The Morgan fingerprint density at radius 3 is 2.23 bits per heavy atom. The molecule has 3 rings (SSSR count). The van der Waals surface area contributed by atoms with E-state index in [1.165, 1.54) is 24.1 Å². The van der Waals surface area contributed by atoms with E-state index in [0.717, 1.165) is 10.5 Å². The van der Waals surface area contributed by atoms with E-state index in [9.17, 15) is 19.2 Å². The Kier molecular flexibility index (Phi) is 6.01. The molecule has 156 valence electrons. The molecule has 9 heteroatoms. The third kappa shape index (κ3) is 4.09. The monoisotopic (exact) mass is 411 g/mol. The maximum atomic E-state index is 12.7. The Hall–Kier alpha value is -3.88. The van der Waals surface area contributed by atoms with Crippen molar-refractivity contribution in [2.75, 3.05) is 32.7 Å². The number of ether oxygens (including phenoxy) is 2. The molecule has 0 unspecified atom stereocenters. The number of nitrogens with zero attached hydrogens (tertiary/aromatic N) is 3. The van der Waals surface area contributed by atoms with Crippen LogP contribution < -0.4 is 14.4 Å². The third-order valence-electron chi connectivity index (χ3n) is 4.66. The molecule has 1 heterocycles.